The minimum Gasteiger partial charge on any atom is -0.550 e. The van der Waals surface area contributed by atoms with Crippen molar-refractivity contribution in [3.05, 3.63) is 29.8 Å². The Kier molecular flexibility index (Phi) is 3.89. The van der Waals surface area contributed by atoms with E-state index in [0.29, 0.717) is 5.56 Å². The smallest absolute Gasteiger partial charge is 0.316 e. The average Bonchev–Trinajstić information content (AvgIpc) is 2.18. The molecule has 1 aromatic rings. The normalized spacial score (nSPS) is 11.0. The van der Waals surface area contributed by atoms with Gasteiger partial charge in [-0.25, -0.2) is 0 Å². The molecule has 0 saturated carbocycles. The van der Waals surface area contributed by atoms with Crippen LogP contribution in [0.3, 0.4) is 0 Å². The first-order valence-electron chi connectivity index (χ1n) is 5.31. The van der Waals surface area contributed by atoms with E-state index in [0.717, 1.165) is 0 Å². The number of carboxylic acid groups (broad SMARTS) is 1. The van der Waals surface area contributed by atoms with Crippen LogP contribution in [-0.2, 0) is 16.0 Å². The highest BCUT2D eigenvalue weighted by atomic mass is 16.5. The fourth-order valence-corrected chi connectivity index (χ4v) is 1.16. The van der Waals surface area contributed by atoms with Crippen LogP contribution in [0.4, 0.5) is 0 Å². The molecule has 4 nitrogen and oxygen atoms in total. The van der Waals surface area contributed by atoms with Gasteiger partial charge in [-0.15, -0.1) is 0 Å². The van der Waals surface area contributed by atoms with Crippen molar-refractivity contribution in [3.8, 4) is 5.75 Å². The van der Waals surface area contributed by atoms with E-state index in [-0.39, 0.29) is 12.2 Å². The highest BCUT2D eigenvalue weighted by Gasteiger charge is 2.24. The topological polar surface area (TPSA) is 66.4 Å². The lowest BCUT2D eigenvalue weighted by Gasteiger charge is -2.18. The lowest BCUT2D eigenvalue weighted by atomic mass is 9.97. The summed E-state index contributed by atoms with van der Waals surface area (Å²) in [5, 5.41) is 10.6. The third-order valence-electron chi connectivity index (χ3n) is 2.12. The molecule has 0 atom stereocenters. The summed E-state index contributed by atoms with van der Waals surface area (Å²) < 4.78 is 5.18. The van der Waals surface area contributed by atoms with E-state index in [1.54, 1.807) is 45.0 Å². The van der Waals surface area contributed by atoms with Crippen LogP contribution in [0, 0.1) is 5.41 Å². The number of carboxylic acids is 1. The molecule has 0 aliphatic carbocycles. The number of hydrogen-bond donors (Lipinski definition) is 0. The van der Waals surface area contributed by atoms with Gasteiger partial charge in [0.2, 0.25) is 0 Å². The minimum atomic E-state index is -1.20. The molecular weight excluding hydrogens is 220 g/mol. The Morgan fingerprint density at radius 2 is 1.82 bits per heavy atom. The highest BCUT2D eigenvalue weighted by molar-refractivity contribution is 5.78. The average molecular weight is 235 g/mol. The van der Waals surface area contributed by atoms with Gasteiger partial charge in [0.25, 0.3) is 0 Å². The number of rotatable bonds is 3. The maximum Gasteiger partial charge on any atom is 0.316 e. The van der Waals surface area contributed by atoms with Crippen molar-refractivity contribution >= 4 is 11.9 Å². The van der Waals surface area contributed by atoms with Gasteiger partial charge in [0, 0.05) is 18.0 Å². The molecule has 0 aliphatic heterocycles. The quantitative estimate of drug-likeness (QED) is 0.577. The Morgan fingerprint density at radius 1 is 1.24 bits per heavy atom. The van der Waals surface area contributed by atoms with Crippen LogP contribution >= 0.6 is 0 Å². The second-order valence-electron chi connectivity index (χ2n) is 4.80. The van der Waals surface area contributed by atoms with E-state index in [1.807, 2.05) is 0 Å². The van der Waals surface area contributed by atoms with Crippen LogP contribution in [0.15, 0.2) is 24.3 Å². The zero-order valence-corrected chi connectivity index (χ0v) is 10.1. The third-order valence-corrected chi connectivity index (χ3v) is 2.12. The predicted molar refractivity (Wildman–Crippen MR) is 60.2 cm³/mol. The molecule has 0 heterocycles. The number of ether oxygens (including phenoxy) is 1. The molecule has 0 fully saturated rings. The number of carbonyl (C=O) groups excluding carboxylic acids is 2. The first-order valence-corrected chi connectivity index (χ1v) is 5.31. The molecule has 1 rings (SSSR count). The summed E-state index contributed by atoms with van der Waals surface area (Å²) in [4.78, 5) is 22.2. The van der Waals surface area contributed by atoms with Crippen LogP contribution < -0.4 is 9.84 Å². The summed E-state index contributed by atoms with van der Waals surface area (Å²) in [6, 6.07) is 6.54. The molecule has 0 aliphatic rings. The SMILES string of the molecule is CC(C)(C)C(=O)Oc1ccccc1CC(=O)[O-]. The lowest BCUT2D eigenvalue weighted by Crippen LogP contribution is -2.27. The first-order chi connectivity index (χ1) is 7.80. The fraction of sp³-hybridized carbons (Fsp3) is 0.385. The molecule has 17 heavy (non-hydrogen) atoms. The molecule has 0 saturated heterocycles. The van der Waals surface area contributed by atoms with Gasteiger partial charge in [0.15, 0.2) is 0 Å². The molecule has 0 radical (unpaired) electrons. The number of benzene rings is 1. The molecule has 0 spiro atoms. The van der Waals surface area contributed by atoms with E-state index >= 15 is 0 Å². The molecule has 92 valence electrons. The summed E-state index contributed by atoms with van der Waals surface area (Å²) in [7, 11) is 0. The van der Waals surface area contributed by atoms with Gasteiger partial charge in [-0.1, -0.05) is 18.2 Å². The van der Waals surface area contributed by atoms with Crippen LogP contribution in [0.1, 0.15) is 26.3 Å². The zero-order chi connectivity index (χ0) is 13.1. The molecule has 1 aromatic carbocycles. The summed E-state index contributed by atoms with van der Waals surface area (Å²) >= 11 is 0. The molecule has 0 aromatic heterocycles. The molecule has 0 unspecified atom stereocenters. The van der Waals surface area contributed by atoms with Gasteiger partial charge < -0.3 is 14.6 Å². The molecule has 0 bridgehead atoms. The number of para-hydroxylation sites is 1. The van der Waals surface area contributed by atoms with Crippen molar-refractivity contribution in [2.45, 2.75) is 27.2 Å². The standard InChI is InChI=1S/C13H16O4/c1-13(2,3)12(16)17-10-7-5-4-6-9(10)8-11(14)15/h4-7H,8H2,1-3H3,(H,14,15)/p-1. The van der Waals surface area contributed by atoms with Gasteiger partial charge in [-0.2, -0.15) is 0 Å². The highest BCUT2D eigenvalue weighted by Crippen LogP contribution is 2.23. The van der Waals surface area contributed by atoms with Crippen molar-refractivity contribution in [1.29, 1.82) is 0 Å². The Bertz CT molecular complexity index is 429. The lowest BCUT2D eigenvalue weighted by molar-refractivity contribution is -0.304. The Balaban J connectivity index is 2.91. The number of carbonyl (C=O) groups is 2. The third kappa shape index (κ3) is 3.90. The second kappa shape index (κ2) is 4.99. The van der Waals surface area contributed by atoms with Gasteiger partial charge in [0.05, 0.1) is 5.41 Å². The van der Waals surface area contributed by atoms with E-state index in [9.17, 15) is 14.7 Å². The van der Waals surface area contributed by atoms with Gasteiger partial charge >= 0.3 is 5.97 Å². The second-order valence-corrected chi connectivity index (χ2v) is 4.80. The fourth-order valence-electron chi connectivity index (χ4n) is 1.16. The monoisotopic (exact) mass is 235 g/mol. The summed E-state index contributed by atoms with van der Waals surface area (Å²) in [6.45, 7) is 5.20. The Morgan fingerprint density at radius 3 is 2.35 bits per heavy atom. The van der Waals surface area contributed by atoms with E-state index in [1.165, 1.54) is 0 Å². The predicted octanol–water partition coefficient (Wildman–Crippen LogP) is 0.930. The van der Waals surface area contributed by atoms with Crippen molar-refractivity contribution in [3.63, 3.8) is 0 Å². The summed E-state index contributed by atoms with van der Waals surface area (Å²) in [5.41, 5.74) is -0.195. The Labute approximate surface area is 100 Å². The van der Waals surface area contributed by atoms with Crippen molar-refractivity contribution in [1.82, 2.24) is 0 Å². The van der Waals surface area contributed by atoms with Gasteiger partial charge in [-0.05, 0) is 26.8 Å². The number of esters is 1. The summed E-state index contributed by atoms with van der Waals surface area (Å²) in [6.07, 6.45) is -0.270. The maximum absolute atomic E-state index is 11.7. The molecule has 0 amide bonds. The van der Waals surface area contributed by atoms with Crippen molar-refractivity contribution < 1.29 is 19.4 Å². The Hall–Kier alpha value is -1.84. The number of aliphatic carboxylic acids is 1. The zero-order valence-electron chi connectivity index (χ0n) is 10.1. The van der Waals surface area contributed by atoms with Gasteiger partial charge in [-0.3, -0.25) is 4.79 Å². The number of hydrogen-bond acceptors (Lipinski definition) is 4. The van der Waals surface area contributed by atoms with E-state index in [2.05, 4.69) is 0 Å². The van der Waals surface area contributed by atoms with Crippen molar-refractivity contribution in [2.24, 2.45) is 5.41 Å². The largest absolute Gasteiger partial charge is 0.550 e. The van der Waals surface area contributed by atoms with Crippen LogP contribution in [-0.4, -0.2) is 11.9 Å². The van der Waals surface area contributed by atoms with Crippen LogP contribution in [0.5, 0.6) is 5.75 Å². The van der Waals surface area contributed by atoms with Gasteiger partial charge in [0.1, 0.15) is 5.75 Å². The molecule has 4 heteroatoms. The first kappa shape index (κ1) is 13.2. The summed E-state index contributed by atoms with van der Waals surface area (Å²) in [5.74, 6) is -1.33. The van der Waals surface area contributed by atoms with E-state index in [4.69, 9.17) is 4.74 Å². The van der Waals surface area contributed by atoms with Crippen molar-refractivity contribution in [2.75, 3.05) is 0 Å². The molecule has 0 N–H and O–H groups in total. The maximum atomic E-state index is 11.7. The minimum absolute atomic E-state index is 0.270. The van der Waals surface area contributed by atoms with Crippen LogP contribution in [0.25, 0.3) is 0 Å². The van der Waals surface area contributed by atoms with E-state index < -0.39 is 17.4 Å². The van der Waals surface area contributed by atoms with Crippen LogP contribution in [0.2, 0.25) is 0 Å². The molecular formula is C13H15O4-.